The van der Waals surface area contributed by atoms with Crippen molar-refractivity contribution in [3.05, 3.63) is 77.5 Å². The smallest absolute Gasteiger partial charge is 0.319 e. The third kappa shape index (κ3) is 4.28. The molecule has 6 heteroatoms. The third-order valence-corrected chi connectivity index (χ3v) is 4.48. The minimum atomic E-state index is -0.750. The highest BCUT2D eigenvalue weighted by molar-refractivity contribution is 5.85. The molecule has 1 saturated heterocycles. The summed E-state index contributed by atoms with van der Waals surface area (Å²) < 4.78 is 10.7. The van der Waals surface area contributed by atoms with E-state index in [0.29, 0.717) is 11.4 Å². The molecule has 140 valence electrons. The molecule has 0 spiro atoms. The Morgan fingerprint density at radius 3 is 2.63 bits per heavy atom. The number of nitrogens with one attached hydrogen (secondary N) is 2. The number of aryl methyl sites for hydroxylation is 1. The molecule has 2 aromatic carbocycles. The highest BCUT2D eigenvalue weighted by Gasteiger charge is 2.39. The van der Waals surface area contributed by atoms with Gasteiger partial charge in [0.15, 0.2) is 0 Å². The molecule has 2 atom stereocenters. The number of methoxy groups -OCH3 is 1. The Morgan fingerprint density at radius 1 is 1.19 bits per heavy atom. The fraction of sp³-hybridized carbons (Fsp3) is 0.238. The molecule has 1 aliphatic heterocycles. The highest BCUT2D eigenvalue weighted by atomic mass is 16.5. The second-order valence-electron chi connectivity index (χ2n) is 6.45. The molecule has 2 unspecified atom stereocenters. The quantitative estimate of drug-likeness (QED) is 0.797. The largest absolute Gasteiger partial charge is 0.497 e. The van der Waals surface area contributed by atoms with Crippen LogP contribution in [-0.2, 0) is 16.1 Å². The Labute approximate surface area is 158 Å². The van der Waals surface area contributed by atoms with E-state index in [-0.39, 0.29) is 6.61 Å². The van der Waals surface area contributed by atoms with E-state index >= 15 is 0 Å². The highest BCUT2D eigenvalue weighted by Crippen LogP contribution is 2.32. The monoisotopic (exact) mass is 366 g/mol. The van der Waals surface area contributed by atoms with Crippen LogP contribution in [0.4, 0.5) is 4.79 Å². The van der Waals surface area contributed by atoms with Crippen LogP contribution in [0.25, 0.3) is 0 Å². The van der Waals surface area contributed by atoms with Crippen molar-refractivity contribution in [3.63, 3.8) is 0 Å². The zero-order valence-electron chi connectivity index (χ0n) is 15.3. The number of amides is 2. The predicted molar refractivity (Wildman–Crippen MR) is 101 cm³/mol. The summed E-state index contributed by atoms with van der Waals surface area (Å²) in [6, 6.07) is 14.0. The first kappa shape index (κ1) is 18.5. The summed E-state index contributed by atoms with van der Waals surface area (Å²) in [6.45, 7) is 6.00. The number of ether oxygens (including phenoxy) is 2. The van der Waals surface area contributed by atoms with Gasteiger partial charge in [-0.05, 0) is 30.2 Å². The van der Waals surface area contributed by atoms with Gasteiger partial charge in [-0.25, -0.2) is 4.79 Å². The van der Waals surface area contributed by atoms with E-state index in [1.165, 1.54) is 0 Å². The number of carbonyl (C=O) groups excluding carboxylic acids is 2. The van der Waals surface area contributed by atoms with E-state index in [2.05, 4.69) is 17.2 Å². The Bertz CT molecular complexity index is 861. The Balaban J connectivity index is 1.80. The van der Waals surface area contributed by atoms with Crippen LogP contribution >= 0.6 is 0 Å². The molecule has 0 saturated carbocycles. The molecule has 1 aliphatic rings. The topological polar surface area (TPSA) is 76.7 Å². The molecule has 6 nitrogen and oxygen atoms in total. The summed E-state index contributed by atoms with van der Waals surface area (Å²) in [6.07, 6.45) is 0. The van der Waals surface area contributed by atoms with Gasteiger partial charge in [0, 0.05) is 5.70 Å². The van der Waals surface area contributed by atoms with Crippen molar-refractivity contribution in [2.45, 2.75) is 19.6 Å². The molecule has 0 radical (unpaired) electrons. The zero-order chi connectivity index (χ0) is 19.4. The van der Waals surface area contributed by atoms with E-state index in [1.54, 1.807) is 25.3 Å². The first-order chi connectivity index (χ1) is 13.0. The third-order valence-electron chi connectivity index (χ3n) is 4.48. The second-order valence-corrected chi connectivity index (χ2v) is 6.45. The van der Waals surface area contributed by atoms with Crippen LogP contribution in [0.2, 0.25) is 0 Å². The lowest BCUT2D eigenvalue weighted by Gasteiger charge is -2.33. The van der Waals surface area contributed by atoms with Crippen molar-refractivity contribution < 1.29 is 19.1 Å². The predicted octanol–water partition coefficient (Wildman–Crippen LogP) is 3.23. The summed E-state index contributed by atoms with van der Waals surface area (Å²) in [5.41, 5.74) is 3.07. The van der Waals surface area contributed by atoms with Gasteiger partial charge in [-0.2, -0.15) is 0 Å². The Morgan fingerprint density at radius 2 is 1.93 bits per heavy atom. The van der Waals surface area contributed by atoms with Crippen LogP contribution in [0.5, 0.6) is 5.75 Å². The van der Waals surface area contributed by atoms with E-state index in [1.807, 2.05) is 37.3 Å². The van der Waals surface area contributed by atoms with Crippen molar-refractivity contribution in [1.82, 2.24) is 10.6 Å². The van der Waals surface area contributed by atoms with Crippen molar-refractivity contribution in [2.75, 3.05) is 7.11 Å². The summed E-state index contributed by atoms with van der Waals surface area (Å²) in [7, 11) is 1.56. The molecular weight excluding hydrogens is 344 g/mol. The summed E-state index contributed by atoms with van der Waals surface area (Å²) >= 11 is 0. The number of hydrogen-bond acceptors (Lipinski definition) is 4. The van der Waals surface area contributed by atoms with Gasteiger partial charge in [0.25, 0.3) is 0 Å². The lowest BCUT2D eigenvalue weighted by atomic mass is 9.89. The van der Waals surface area contributed by atoms with Gasteiger partial charge in [0.2, 0.25) is 0 Å². The minimum Gasteiger partial charge on any atom is -0.497 e. The number of esters is 1. The second kappa shape index (κ2) is 7.95. The normalized spacial score (nSPS) is 19.0. The summed E-state index contributed by atoms with van der Waals surface area (Å²) in [5, 5.41) is 5.35. The molecule has 2 amide bonds. The van der Waals surface area contributed by atoms with E-state index < -0.39 is 24.0 Å². The molecule has 0 aromatic heterocycles. The fourth-order valence-corrected chi connectivity index (χ4v) is 3.00. The van der Waals surface area contributed by atoms with Gasteiger partial charge < -0.3 is 20.1 Å². The summed E-state index contributed by atoms with van der Waals surface area (Å²) in [4.78, 5) is 24.7. The molecule has 3 rings (SSSR count). The standard InChI is InChI=1S/C21H22N2O4/c1-13-7-9-15(10-8-13)12-27-20(24)18-14(2)22-21(25)23-19(18)16-5-4-6-17(11-16)26-3/h4-11,18-19H,2,12H2,1,3H3,(H2,22,23,25). The van der Waals surface area contributed by atoms with Gasteiger partial charge in [-0.1, -0.05) is 48.5 Å². The van der Waals surface area contributed by atoms with Crippen LogP contribution in [0.1, 0.15) is 22.7 Å². The maximum atomic E-state index is 12.8. The zero-order valence-corrected chi connectivity index (χ0v) is 15.3. The molecule has 27 heavy (non-hydrogen) atoms. The number of benzene rings is 2. The van der Waals surface area contributed by atoms with Crippen molar-refractivity contribution >= 4 is 12.0 Å². The molecular formula is C21H22N2O4. The average Bonchev–Trinajstić information content (AvgIpc) is 2.66. The lowest BCUT2D eigenvalue weighted by Crippen LogP contribution is -2.51. The van der Waals surface area contributed by atoms with Crippen LogP contribution in [0.3, 0.4) is 0 Å². The van der Waals surface area contributed by atoms with Crippen molar-refractivity contribution in [1.29, 1.82) is 0 Å². The maximum absolute atomic E-state index is 12.8. The van der Waals surface area contributed by atoms with Gasteiger partial charge in [-0.15, -0.1) is 0 Å². The number of rotatable bonds is 5. The van der Waals surface area contributed by atoms with E-state index in [0.717, 1.165) is 16.7 Å². The van der Waals surface area contributed by atoms with Crippen molar-refractivity contribution in [2.24, 2.45) is 5.92 Å². The molecule has 0 aliphatic carbocycles. The van der Waals surface area contributed by atoms with Crippen LogP contribution in [-0.4, -0.2) is 19.1 Å². The molecule has 1 heterocycles. The van der Waals surface area contributed by atoms with E-state index in [4.69, 9.17) is 9.47 Å². The number of carbonyl (C=O) groups is 2. The average molecular weight is 366 g/mol. The van der Waals surface area contributed by atoms with Crippen LogP contribution < -0.4 is 15.4 Å². The van der Waals surface area contributed by atoms with E-state index in [9.17, 15) is 9.59 Å². The number of hydrogen-bond donors (Lipinski definition) is 2. The molecule has 1 fully saturated rings. The van der Waals surface area contributed by atoms with Crippen molar-refractivity contribution in [3.8, 4) is 5.75 Å². The van der Waals surface area contributed by atoms with Gasteiger partial charge in [0.05, 0.1) is 13.2 Å². The Kier molecular flexibility index (Phi) is 5.45. The first-order valence-corrected chi connectivity index (χ1v) is 8.60. The summed E-state index contributed by atoms with van der Waals surface area (Å²) in [5.74, 6) is -0.571. The Hall–Kier alpha value is -3.28. The fourth-order valence-electron chi connectivity index (χ4n) is 3.00. The maximum Gasteiger partial charge on any atom is 0.319 e. The SMILES string of the molecule is C=C1NC(=O)NC(c2cccc(OC)c2)C1C(=O)OCc1ccc(C)cc1. The minimum absolute atomic E-state index is 0.154. The van der Waals surface area contributed by atoms with Crippen LogP contribution in [0, 0.1) is 12.8 Å². The van der Waals surface area contributed by atoms with Gasteiger partial charge >= 0.3 is 12.0 Å². The van der Waals surface area contributed by atoms with Crippen LogP contribution in [0.15, 0.2) is 60.8 Å². The van der Waals surface area contributed by atoms with Gasteiger partial charge in [0.1, 0.15) is 18.3 Å². The lowest BCUT2D eigenvalue weighted by molar-refractivity contribution is -0.149. The van der Waals surface area contributed by atoms with Gasteiger partial charge in [-0.3, -0.25) is 4.79 Å². The molecule has 0 bridgehead atoms. The first-order valence-electron chi connectivity index (χ1n) is 8.60. The molecule has 2 N–H and O–H groups in total. The number of urea groups is 1. The molecule has 2 aromatic rings.